The number of amides is 1. The number of carbonyl (C=O) groups excluding carboxylic acids is 1. The largest absolute Gasteiger partial charge is 0.505 e. The fourth-order valence-electron chi connectivity index (χ4n) is 1.67. The molecule has 1 aromatic carbocycles. The predicted octanol–water partition coefficient (Wildman–Crippen LogP) is 2.05. The van der Waals surface area contributed by atoms with Gasteiger partial charge in [-0.25, -0.2) is 9.78 Å². The molecule has 0 aliphatic heterocycles. The van der Waals surface area contributed by atoms with E-state index >= 15 is 0 Å². The third kappa shape index (κ3) is 2.74. The number of rotatable bonds is 3. The van der Waals surface area contributed by atoms with Crippen LogP contribution in [0.3, 0.4) is 0 Å². The molecule has 3 N–H and O–H groups in total. The summed E-state index contributed by atoms with van der Waals surface area (Å²) in [6, 6.07) is 9.06. The SMILES string of the molecule is Cc1cccc(C(=O)Nc2cccc(C(=O)O)c2O)n1. The quantitative estimate of drug-likeness (QED) is 0.742. The lowest BCUT2D eigenvalue weighted by atomic mass is 10.1. The third-order valence-electron chi connectivity index (χ3n) is 2.64. The van der Waals surface area contributed by atoms with Gasteiger partial charge in [0, 0.05) is 5.69 Å². The van der Waals surface area contributed by atoms with Crippen LogP contribution in [0.2, 0.25) is 0 Å². The average Bonchev–Trinajstić information content (AvgIpc) is 2.40. The van der Waals surface area contributed by atoms with E-state index in [9.17, 15) is 14.7 Å². The van der Waals surface area contributed by atoms with Crippen molar-refractivity contribution < 1.29 is 19.8 Å². The van der Waals surface area contributed by atoms with Gasteiger partial charge >= 0.3 is 5.97 Å². The summed E-state index contributed by atoms with van der Waals surface area (Å²) in [5.41, 5.74) is 0.615. The standard InChI is InChI=1S/C14H12N2O4/c1-8-4-2-7-11(15-8)13(18)16-10-6-3-5-9(12(10)17)14(19)20/h2-7,17H,1H3,(H,16,18)(H,19,20). The van der Waals surface area contributed by atoms with Crippen molar-refractivity contribution in [1.29, 1.82) is 0 Å². The summed E-state index contributed by atoms with van der Waals surface area (Å²) >= 11 is 0. The molecule has 0 fully saturated rings. The molecule has 102 valence electrons. The zero-order valence-corrected chi connectivity index (χ0v) is 10.6. The Labute approximate surface area is 114 Å². The van der Waals surface area contributed by atoms with E-state index in [-0.39, 0.29) is 16.9 Å². The molecule has 20 heavy (non-hydrogen) atoms. The first-order valence-corrected chi connectivity index (χ1v) is 5.79. The number of aromatic nitrogens is 1. The molecule has 0 aliphatic carbocycles. The number of phenols is 1. The number of aromatic hydroxyl groups is 1. The van der Waals surface area contributed by atoms with Gasteiger partial charge < -0.3 is 15.5 Å². The van der Waals surface area contributed by atoms with Crippen LogP contribution in [0.5, 0.6) is 5.75 Å². The Balaban J connectivity index is 2.29. The van der Waals surface area contributed by atoms with Gasteiger partial charge in [0.25, 0.3) is 5.91 Å². The molecule has 0 unspecified atom stereocenters. The highest BCUT2D eigenvalue weighted by atomic mass is 16.4. The van der Waals surface area contributed by atoms with Crippen LogP contribution < -0.4 is 5.32 Å². The highest BCUT2D eigenvalue weighted by Crippen LogP contribution is 2.27. The van der Waals surface area contributed by atoms with Crippen molar-refractivity contribution in [3.63, 3.8) is 0 Å². The second kappa shape index (κ2) is 5.40. The smallest absolute Gasteiger partial charge is 0.339 e. The third-order valence-corrected chi connectivity index (χ3v) is 2.64. The first-order chi connectivity index (χ1) is 9.49. The highest BCUT2D eigenvalue weighted by Gasteiger charge is 2.15. The number of hydrogen-bond donors (Lipinski definition) is 3. The van der Waals surface area contributed by atoms with Gasteiger partial charge in [0.15, 0.2) is 5.75 Å². The summed E-state index contributed by atoms with van der Waals surface area (Å²) in [5, 5.41) is 21.1. The fourth-order valence-corrected chi connectivity index (χ4v) is 1.67. The number of nitrogens with zero attached hydrogens (tertiary/aromatic N) is 1. The molecule has 2 aromatic rings. The minimum absolute atomic E-state index is 0.0261. The number of nitrogens with one attached hydrogen (secondary N) is 1. The minimum Gasteiger partial charge on any atom is -0.505 e. The summed E-state index contributed by atoms with van der Waals surface area (Å²) < 4.78 is 0. The molecule has 0 atom stereocenters. The lowest BCUT2D eigenvalue weighted by Crippen LogP contribution is -2.14. The number of anilines is 1. The minimum atomic E-state index is -1.27. The summed E-state index contributed by atoms with van der Waals surface area (Å²) in [5.74, 6) is -2.28. The van der Waals surface area contributed by atoms with Gasteiger partial charge in [-0.3, -0.25) is 4.79 Å². The topological polar surface area (TPSA) is 99.5 Å². The second-order valence-corrected chi connectivity index (χ2v) is 4.13. The molecular weight excluding hydrogens is 260 g/mol. The van der Waals surface area contributed by atoms with Gasteiger partial charge in [-0.05, 0) is 31.2 Å². The molecule has 1 heterocycles. The van der Waals surface area contributed by atoms with Crippen LogP contribution in [-0.4, -0.2) is 27.1 Å². The summed E-state index contributed by atoms with van der Waals surface area (Å²) in [6.07, 6.45) is 0. The monoisotopic (exact) mass is 272 g/mol. The number of pyridine rings is 1. The van der Waals surface area contributed by atoms with E-state index in [1.807, 2.05) is 0 Å². The van der Waals surface area contributed by atoms with Crippen molar-refractivity contribution in [2.75, 3.05) is 5.32 Å². The second-order valence-electron chi connectivity index (χ2n) is 4.13. The Morgan fingerprint density at radius 2 is 1.85 bits per heavy atom. The Morgan fingerprint density at radius 1 is 1.15 bits per heavy atom. The van der Waals surface area contributed by atoms with Gasteiger partial charge in [0.1, 0.15) is 11.3 Å². The van der Waals surface area contributed by atoms with E-state index in [1.54, 1.807) is 19.1 Å². The number of aryl methyl sites for hydroxylation is 1. The number of carboxylic acid groups (broad SMARTS) is 1. The summed E-state index contributed by atoms with van der Waals surface area (Å²) in [6.45, 7) is 1.75. The van der Waals surface area contributed by atoms with Gasteiger partial charge in [-0.1, -0.05) is 12.1 Å². The van der Waals surface area contributed by atoms with Gasteiger partial charge in [0.2, 0.25) is 0 Å². The molecule has 0 saturated carbocycles. The van der Waals surface area contributed by atoms with E-state index < -0.39 is 17.6 Å². The van der Waals surface area contributed by atoms with Gasteiger partial charge in [-0.15, -0.1) is 0 Å². The van der Waals surface area contributed by atoms with Crippen molar-refractivity contribution in [1.82, 2.24) is 4.98 Å². The van der Waals surface area contributed by atoms with Crippen LogP contribution in [0.1, 0.15) is 26.5 Å². The Kier molecular flexibility index (Phi) is 3.65. The van der Waals surface area contributed by atoms with Gasteiger partial charge in [0.05, 0.1) is 5.69 Å². The van der Waals surface area contributed by atoms with E-state index in [2.05, 4.69) is 10.3 Å². The van der Waals surface area contributed by atoms with E-state index in [0.717, 1.165) is 0 Å². The molecule has 0 spiro atoms. The molecule has 2 rings (SSSR count). The van der Waals surface area contributed by atoms with Crippen molar-refractivity contribution in [2.45, 2.75) is 6.92 Å². The van der Waals surface area contributed by atoms with Gasteiger partial charge in [-0.2, -0.15) is 0 Å². The molecular formula is C14H12N2O4. The lowest BCUT2D eigenvalue weighted by molar-refractivity contribution is 0.0693. The average molecular weight is 272 g/mol. The van der Waals surface area contributed by atoms with E-state index in [0.29, 0.717) is 5.69 Å². The van der Waals surface area contributed by atoms with E-state index in [4.69, 9.17) is 5.11 Å². The molecule has 0 aliphatic rings. The number of para-hydroxylation sites is 1. The molecule has 0 saturated heterocycles. The Hall–Kier alpha value is -2.89. The summed E-state index contributed by atoms with van der Waals surface area (Å²) in [7, 11) is 0. The number of carbonyl (C=O) groups is 2. The maximum Gasteiger partial charge on any atom is 0.339 e. The fraction of sp³-hybridized carbons (Fsp3) is 0.0714. The van der Waals surface area contributed by atoms with Crippen LogP contribution in [0.15, 0.2) is 36.4 Å². The van der Waals surface area contributed by atoms with Crippen molar-refractivity contribution >= 4 is 17.6 Å². The highest BCUT2D eigenvalue weighted by molar-refractivity contribution is 6.05. The first-order valence-electron chi connectivity index (χ1n) is 5.79. The normalized spacial score (nSPS) is 10.1. The molecule has 0 bridgehead atoms. The van der Waals surface area contributed by atoms with Crippen LogP contribution >= 0.6 is 0 Å². The number of carboxylic acids is 1. The number of benzene rings is 1. The number of hydrogen-bond acceptors (Lipinski definition) is 4. The van der Waals surface area contributed by atoms with Crippen molar-refractivity contribution in [3.8, 4) is 5.75 Å². The zero-order valence-electron chi connectivity index (χ0n) is 10.6. The van der Waals surface area contributed by atoms with Crippen LogP contribution in [0.4, 0.5) is 5.69 Å². The van der Waals surface area contributed by atoms with Crippen molar-refractivity contribution in [3.05, 3.63) is 53.3 Å². The molecule has 1 amide bonds. The predicted molar refractivity (Wildman–Crippen MR) is 72.0 cm³/mol. The molecule has 1 aromatic heterocycles. The number of aromatic carboxylic acids is 1. The zero-order chi connectivity index (χ0) is 14.7. The van der Waals surface area contributed by atoms with E-state index in [1.165, 1.54) is 24.3 Å². The first kappa shape index (κ1) is 13.5. The van der Waals surface area contributed by atoms with Crippen LogP contribution in [-0.2, 0) is 0 Å². The van der Waals surface area contributed by atoms with Crippen LogP contribution in [0, 0.1) is 6.92 Å². The molecule has 6 nitrogen and oxygen atoms in total. The maximum atomic E-state index is 12.0. The lowest BCUT2D eigenvalue weighted by Gasteiger charge is -2.08. The Bertz CT molecular complexity index is 683. The van der Waals surface area contributed by atoms with Crippen molar-refractivity contribution in [2.24, 2.45) is 0 Å². The van der Waals surface area contributed by atoms with Crippen LogP contribution in [0.25, 0.3) is 0 Å². The summed E-state index contributed by atoms with van der Waals surface area (Å²) in [4.78, 5) is 26.9. The molecule has 0 radical (unpaired) electrons. The molecule has 6 heteroatoms. The maximum absolute atomic E-state index is 12.0. The Morgan fingerprint density at radius 3 is 2.50 bits per heavy atom.